The van der Waals surface area contributed by atoms with Gasteiger partial charge < -0.3 is 31.8 Å². The number of aromatic nitrogens is 1. The predicted molar refractivity (Wildman–Crippen MR) is 115 cm³/mol. The summed E-state index contributed by atoms with van der Waals surface area (Å²) in [6.07, 6.45) is 1.87. The van der Waals surface area contributed by atoms with Crippen LogP contribution in [0.5, 0.6) is 0 Å². The minimum absolute atomic E-state index is 0.129. The van der Waals surface area contributed by atoms with E-state index in [2.05, 4.69) is 20.9 Å². The summed E-state index contributed by atoms with van der Waals surface area (Å²) in [5.41, 5.74) is 6.91. The van der Waals surface area contributed by atoms with Gasteiger partial charge in [-0.3, -0.25) is 14.4 Å². The second kappa shape index (κ2) is 10.6. The van der Waals surface area contributed by atoms with Gasteiger partial charge in [0.25, 0.3) is 0 Å². The summed E-state index contributed by atoms with van der Waals surface area (Å²) in [4.78, 5) is 51.6. The summed E-state index contributed by atoms with van der Waals surface area (Å²) in [5, 5.41) is 17.8. The molecule has 0 aliphatic heterocycles. The molecule has 10 heteroatoms. The van der Waals surface area contributed by atoms with Gasteiger partial charge in [-0.25, -0.2) is 4.79 Å². The maximum atomic E-state index is 13.0. The lowest BCUT2D eigenvalue weighted by Gasteiger charge is -2.24. The highest BCUT2D eigenvalue weighted by atomic mass is 16.4. The molecule has 1 aromatic carbocycles. The number of benzene rings is 1. The van der Waals surface area contributed by atoms with Crippen molar-refractivity contribution in [2.24, 2.45) is 11.7 Å². The van der Waals surface area contributed by atoms with Gasteiger partial charge >= 0.3 is 5.97 Å². The van der Waals surface area contributed by atoms with E-state index in [0.717, 1.165) is 16.5 Å². The van der Waals surface area contributed by atoms with E-state index in [1.165, 1.54) is 6.92 Å². The van der Waals surface area contributed by atoms with Gasteiger partial charge in [-0.05, 0) is 24.5 Å². The number of aromatic amines is 1. The van der Waals surface area contributed by atoms with Crippen LogP contribution in [-0.2, 0) is 25.6 Å². The molecule has 2 aromatic rings. The van der Waals surface area contributed by atoms with Crippen molar-refractivity contribution in [1.29, 1.82) is 0 Å². The van der Waals surface area contributed by atoms with Gasteiger partial charge in [0.2, 0.25) is 17.7 Å². The highest BCUT2D eigenvalue weighted by Gasteiger charge is 2.30. The van der Waals surface area contributed by atoms with E-state index < -0.39 is 41.8 Å². The zero-order valence-electron chi connectivity index (χ0n) is 17.8. The first kappa shape index (κ1) is 23.9. The average molecular weight is 431 g/mol. The van der Waals surface area contributed by atoms with Crippen LogP contribution in [0.2, 0.25) is 0 Å². The third-order valence-electron chi connectivity index (χ3n) is 4.92. The van der Waals surface area contributed by atoms with Crippen LogP contribution >= 0.6 is 0 Å². The molecule has 0 fully saturated rings. The van der Waals surface area contributed by atoms with Crippen LogP contribution in [0.3, 0.4) is 0 Å². The first-order chi connectivity index (χ1) is 14.6. The molecule has 2 rings (SSSR count). The van der Waals surface area contributed by atoms with Crippen LogP contribution in [0.15, 0.2) is 30.5 Å². The number of nitrogens with two attached hydrogens (primary N) is 1. The van der Waals surface area contributed by atoms with E-state index in [-0.39, 0.29) is 18.9 Å². The SMILES string of the molecule is CC(NC(=O)CN)C(=O)NC(Cc1c[nH]c2ccccc12)C(=O)NC(C(=O)O)C(C)C. The van der Waals surface area contributed by atoms with Crippen LogP contribution in [0, 0.1) is 5.92 Å². The van der Waals surface area contributed by atoms with Crippen molar-refractivity contribution in [2.45, 2.75) is 45.3 Å². The number of hydrogen-bond acceptors (Lipinski definition) is 5. The Kier molecular flexibility index (Phi) is 8.14. The number of hydrogen-bond donors (Lipinski definition) is 6. The molecule has 0 radical (unpaired) electrons. The fourth-order valence-electron chi connectivity index (χ4n) is 3.16. The number of para-hydroxylation sites is 1. The summed E-state index contributed by atoms with van der Waals surface area (Å²) in [7, 11) is 0. The molecule has 1 aromatic heterocycles. The van der Waals surface area contributed by atoms with E-state index in [4.69, 9.17) is 5.73 Å². The van der Waals surface area contributed by atoms with Crippen LogP contribution in [-0.4, -0.2) is 58.5 Å². The highest BCUT2D eigenvalue weighted by Crippen LogP contribution is 2.19. The lowest BCUT2D eigenvalue weighted by atomic mass is 10.0. The molecule has 0 aliphatic carbocycles. The molecule has 0 aliphatic rings. The standard InChI is InChI=1S/C21H29N5O5/c1-11(2)18(21(30)31)26-20(29)16(25-19(28)12(3)24-17(27)9-22)8-13-10-23-15-7-5-4-6-14(13)15/h4-7,10-12,16,18,23H,8-9,22H2,1-3H3,(H,24,27)(H,25,28)(H,26,29)(H,30,31). The quantitative estimate of drug-likeness (QED) is 0.307. The second-order valence-electron chi connectivity index (χ2n) is 7.69. The Labute approximate surface area is 179 Å². The molecule has 0 saturated carbocycles. The normalized spacial score (nSPS) is 14.0. The minimum atomic E-state index is -1.16. The highest BCUT2D eigenvalue weighted by molar-refractivity contribution is 5.94. The molecule has 1 heterocycles. The van der Waals surface area contributed by atoms with Crippen LogP contribution in [0.4, 0.5) is 0 Å². The predicted octanol–water partition coefficient (Wildman–Crippen LogP) is -0.116. The smallest absolute Gasteiger partial charge is 0.326 e. The number of carboxylic acid groups (broad SMARTS) is 1. The molecule has 7 N–H and O–H groups in total. The third kappa shape index (κ3) is 6.29. The number of fused-ring (bicyclic) bond motifs is 1. The van der Waals surface area contributed by atoms with Crippen LogP contribution in [0.1, 0.15) is 26.3 Å². The molecule has 0 spiro atoms. The number of rotatable bonds is 10. The van der Waals surface area contributed by atoms with Crippen molar-refractivity contribution in [1.82, 2.24) is 20.9 Å². The first-order valence-electron chi connectivity index (χ1n) is 10.0. The van der Waals surface area contributed by atoms with Crippen molar-refractivity contribution in [3.05, 3.63) is 36.0 Å². The van der Waals surface area contributed by atoms with E-state index in [1.807, 2.05) is 24.3 Å². The Morgan fingerprint density at radius 1 is 1.03 bits per heavy atom. The molecule has 3 amide bonds. The number of amides is 3. The van der Waals surface area contributed by atoms with Crippen molar-refractivity contribution in [3.8, 4) is 0 Å². The fourth-order valence-corrected chi connectivity index (χ4v) is 3.16. The molecular weight excluding hydrogens is 402 g/mol. The van der Waals surface area contributed by atoms with Crippen molar-refractivity contribution in [3.63, 3.8) is 0 Å². The van der Waals surface area contributed by atoms with Crippen LogP contribution < -0.4 is 21.7 Å². The average Bonchev–Trinajstić information content (AvgIpc) is 3.13. The first-order valence-corrected chi connectivity index (χ1v) is 10.0. The van der Waals surface area contributed by atoms with E-state index in [0.29, 0.717) is 0 Å². The van der Waals surface area contributed by atoms with Gasteiger partial charge in [0.1, 0.15) is 18.1 Å². The number of carbonyl (C=O) groups is 4. The Morgan fingerprint density at radius 3 is 2.32 bits per heavy atom. The Balaban J connectivity index is 2.25. The minimum Gasteiger partial charge on any atom is -0.480 e. The van der Waals surface area contributed by atoms with Gasteiger partial charge in [-0.2, -0.15) is 0 Å². The molecule has 10 nitrogen and oxygen atoms in total. The zero-order valence-corrected chi connectivity index (χ0v) is 17.8. The molecule has 168 valence electrons. The summed E-state index contributed by atoms with van der Waals surface area (Å²) in [6, 6.07) is 4.42. The number of H-pyrrole nitrogens is 1. The summed E-state index contributed by atoms with van der Waals surface area (Å²) < 4.78 is 0. The van der Waals surface area contributed by atoms with E-state index >= 15 is 0 Å². The maximum Gasteiger partial charge on any atom is 0.326 e. The molecule has 3 atom stereocenters. The molecule has 31 heavy (non-hydrogen) atoms. The van der Waals surface area contributed by atoms with E-state index in [9.17, 15) is 24.3 Å². The van der Waals surface area contributed by atoms with Gasteiger partial charge in [0, 0.05) is 23.5 Å². The van der Waals surface area contributed by atoms with Gasteiger partial charge in [0.05, 0.1) is 6.54 Å². The number of carbonyl (C=O) groups excluding carboxylic acids is 3. The molecule has 0 bridgehead atoms. The maximum absolute atomic E-state index is 13.0. The van der Waals surface area contributed by atoms with Crippen molar-refractivity contribution in [2.75, 3.05) is 6.54 Å². The Bertz CT molecular complexity index is 955. The molecule has 3 unspecified atom stereocenters. The van der Waals surface area contributed by atoms with Crippen molar-refractivity contribution >= 4 is 34.6 Å². The van der Waals surface area contributed by atoms with Gasteiger partial charge in [0.15, 0.2) is 0 Å². The molecular formula is C21H29N5O5. The van der Waals surface area contributed by atoms with Crippen molar-refractivity contribution < 1.29 is 24.3 Å². The fraction of sp³-hybridized carbons (Fsp3) is 0.429. The number of nitrogens with one attached hydrogen (secondary N) is 4. The Hall–Kier alpha value is -3.40. The van der Waals surface area contributed by atoms with E-state index in [1.54, 1.807) is 20.0 Å². The van der Waals surface area contributed by atoms with Crippen LogP contribution in [0.25, 0.3) is 10.9 Å². The monoisotopic (exact) mass is 431 g/mol. The topological polar surface area (TPSA) is 166 Å². The van der Waals surface area contributed by atoms with Gasteiger partial charge in [-0.15, -0.1) is 0 Å². The largest absolute Gasteiger partial charge is 0.480 e. The summed E-state index contributed by atoms with van der Waals surface area (Å²) >= 11 is 0. The third-order valence-corrected chi connectivity index (χ3v) is 4.92. The number of aliphatic carboxylic acids is 1. The van der Waals surface area contributed by atoms with Gasteiger partial charge in [-0.1, -0.05) is 32.0 Å². The lowest BCUT2D eigenvalue weighted by Crippen LogP contribution is -2.56. The Morgan fingerprint density at radius 2 is 1.71 bits per heavy atom. The number of carboxylic acids is 1. The zero-order chi connectivity index (χ0) is 23.1. The second-order valence-corrected chi connectivity index (χ2v) is 7.69. The summed E-state index contributed by atoms with van der Waals surface area (Å²) in [6.45, 7) is 4.55. The summed E-state index contributed by atoms with van der Waals surface area (Å²) in [5.74, 6) is -3.24. The lowest BCUT2D eigenvalue weighted by molar-refractivity contribution is -0.143. The molecule has 0 saturated heterocycles.